The summed E-state index contributed by atoms with van der Waals surface area (Å²) in [4.78, 5) is 2.38. The second-order valence-corrected chi connectivity index (χ2v) is 5.72. The summed E-state index contributed by atoms with van der Waals surface area (Å²) in [6.07, 6.45) is 2.46. The van der Waals surface area contributed by atoms with Gasteiger partial charge in [0.1, 0.15) is 11.5 Å². The minimum Gasteiger partial charge on any atom is -0.495 e. The Hall–Kier alpha value is -1.13. The predicted octanol–water partition coefficient (Wildman–Crippen LogP) is 3.11. The van der Waals surface area contributed by atoms with E-state index < -0.39 is 0 Å². The van der Waals surface area contributed by atoms with Crippen LogP contribution >= 0.6 is 11.6 Å². The number of nitrogens with one attached hydrogen (secondary N) is 1. The summed E-state index contributed by atoms with van der Waals surface area (Å²) in [7, 11) is 5.44. The maximum atomic E-state index is 6.17. The Balaban J connectivity index is 2.00. The number of likely N-dealkylation sites (tertiary alicyclic amines) is 1. The standard InChI is InChI=1S/C15H23ClN2O2/c1-18-6-4-11(5-7-18)10-17-13-8-12(16)14(19-2)9-15(13)20-3/h8-9,11,17H,4-7,10H2,1-3H3. The molecule has 0 aromatic heterocycles. The van der Waals surface area contributed by atoms with Crippen LogP contribution in [0.3, 0.4) is 0 Å². The monoisotopic (exact) mass is 298 g/mol. The molecule has 5 heteroatoms. The van der Waals surface area contributed by atoms with Crippen molar-refractivity contribution in [3.63, 3.8) is 0 Å². The number of ether oxygens (including phenoxy) is 2. The zero-order valence-corrected chi connectivity index (χ0v) is 13.2. The number of rotatable bonds is 5. The first-order valence-electron chi connectivity index (χ1n) is 6.98. The molecule has 1 aliphatic heterocycles. The van der Waals surface area contributed by atoms with Crippen LogP contribution in [0.15, 0.2) is 12.1 Å². The lowest BCUT2D eigenvalue weighted by Crippen LogP contribution is -2.33. The molecule has 0 atom stereocenters. The molecule has 1 fully saturated rings. The molecule has 1 N–H and O–H groups in total. The maximum absolute atomic E-state index is 6.17. The molecule has 0 unspecified atom stereocenters. The first-order valence-corrected chi connectivity index (χ1v) is 7.35. The summed E-state index contributed by atoms with van der Waals surface area (Å²) in [5.74, 6) is 2.10. The lowest BCUT2D eigenvalue weighted by atomic mass is 9.97. The van der Waals surface area contributed by atoms with Crippen molar-refractivity contribution in [1.29, 1.82) is 0 Å². The minimum absolute atomic E-state index is 0.596. The fourth-order valence-corrected chi connectivity index (χ4v) is 2.76. The van der Waals surface area contributed by atoms with Crippen LogP contribution in [0.25, 0.3) is 0 Å². The number of piperidine rings is 1. The number of methoxy groups -OCH3 is 2. The van der Waals surface area contributed by atoms with Gasteiger partial charge in [0.25, 0.3) is 0 Å². The summed E-state index contributed by atoms with van der Waals surface area (Å²) in [5.41, 5.74) is 0.928. The number of anilines is 1. The van der Waals surface area contributed by atoms with E-state index in [4.69, 9.17) is 21.1 Å². The van der Waals surface area contributed by atoms with E-state index in [1.165, 1.54) is 25.9 Å². The van der Waals surface area contributed by atoms with E-state index in [1.807, 2.05) is 12.1 Å². The molecule has 20 heavy (non-hydrogen) atoms. The molecule has 0 spiro atoms. The van der Waals surface area contributed by atoms with E-state index in [-0.39, 0.29) is 0 Å². The molecule has 0 amide bonds. The smallest absolute Gasteiger partial charge is 0.145 e. The van der Waals surface area contributed by atoms with Crippen molar-refractivity contribution in [3.8, 4) is 11.5 Å². The molecule has 0 radical (unpaired) electrons. The molecule has 1 aliphatic rings. The van der Waals surface area contributed by atoms with Gasteiger partial charge in [-0.1, -0.05) is 11.6 Å². The van der Waals surface area contributed by atoms with Gasteiger partial charge >= 0.3 is 0 Å². The highest BCUT2D eigenvalue weighted by Crippen LogP contribution is 2.36. The van der Waals surface area contributed by atoms with Gasteiger partial charge in [0.15, 0.2) is 0 Å². The van der Waals surface area contributed by atoms with Crippen molar-refractivity contribution in [1.82, 2.24) is 4.90 Å². The van der Waals surface area contributed by atoms with Gasteiger partial charge in [-0.05, 0) is 45.0 Å². The normalized spacial score (nSPS) is 17.0. The summed E-state index contributed by atoms with van der Waals surface area (Å²) >= 11 is 6.17. The van der Waals surface area contributed by atoms with Crippen molar-refractivity contribution in [3.05, 3.63) is 17.2 Å². The highest BCUT2D eigenvalue weighted by Gasteiger charge is 2.17. The predicted molar refractivity (Wildman–Crippen MR) is 83.3 cm³/mol. The molecule has 1 heterocycles. The van der Waals surface area contributed by atoms with E-state index >= 15 is 0 Å². The van der Waals surface area contributed by atoms with Gasteiger partial charge in [-0.15, -0.1) is 0 Å². The molecule has 2 rings (SSSR count). The fraction of sp³-hybridized carbons (Fsp3) is 0.600. The van der Waals surface area contributed by atoms with Gasteiger partial charge in [-0.3, -0.25) is 0 Å². The Morgan fingerprint density at radius 3 is 2.45 bits per heavy atom. The molecule has 0 bridgehead atoms. The minimum atomic E-state index is 0.596. The molecule has 1 aromatic carbocycles. The van der Waals surface area contributed by atoms with Crippen LogP contribution < -0.4 is 14.8 Å². The zero-order chi connectivity index (χ0) is 14.5. The number of benzene rings is 1. The Bertz CT molecular complexity index is 446. The van der Waals surface area contributed by atoms with Gasteiger partial charge in [0, 0.05) is 12.6 Å². The number of halogens is 1. The molecule has 0 saturated carbocycles. The van der Waals surface area contributed by atoms with Crippen LogP contribution in [-0.2, 0) is 0 Å². The van der Waals surface area contributed by atoms with Gasteiger partial charge in [-0.25, -0.2) is 0 Å². The summed E-state index contributed by atoms with van der Waals surface area (Å²) in [5, 5.41) is 4.05. The average molecular weight is 299 g/mol. The summed E-state index contributed by atoms with van der Waals surface area (Å²) < 4.78 is 10.6. The Morgan fingerprint density at radius 1 is 1.20 bits per heavy atom. The Morgan fingerprint density at radius 2 is 1.85 bits per heavy atom. The average Bonchev–Trinajstić information content (AvgIpc) is 2.46. The van der Waals surface area contributed by atoms with Crippen molar-refractivity contribution in [2.24, 2.45) is 5.92 Å². The highest BCUT2D eigenvalue weighted by atomic mass is 35.5. The van der Waals surface area contributed by atoms with E-state index in [0.29, 0.717) is 16.7 Å². The van der Waals surface area contributed by atoms with Crippen LogP contribution in [0.2, 0.25) is 5.02 Å². The molecule has 1 aromatic rings. The van der Waals surface area contributed by atoms with Gasteiger partial charge in [0.05, 0.1) is 24.9 Å². The second-order valence-electron chi connectivity index (χ2n) is 5.31. The molecule has 0 aliphatic carbocycles. The SMILES string of the molecule is COc1cc(OC)c(NCC2CCN(C)CC2)cc1Cl. The number of nitrogens with zero attached hydrogens (tertiary/aromatic N) is 1. The van der Waals surface area contributed by atoms with Crippen molar-refractivity contribution in [2.45, 2.75) is 12.8 Å². The van der Waals surface area contributed by atoms with Crippen LogP contribution in [0.5, 0.6) is 11.5 Å². The first kappa shape index (κ1) is 15.3. The molecular weight excluding hydrogens is 276 g/mol. The largest absolute Gasteiger partial charge is 0.495 e. The molecule has 1 saturated heterocycles. The van der Waals surface area contributed by atoms with E-state index in [2.05, 4.69) is 17.3 Å². The second kappa shape index (κ2) is 7.04. The van der Waals surface area contributed by atoms with Gasteiger partial charge in [0.2, 0.25) is 0 Å². The van der Waals surface area contributed by atoms with Crippen LogP contribution in [0.4, 0.5) is 5.69 Å². The van der Waals surface area contributed by atoms with Crippen LogP contribution in [0, 0.1) is 5.92 Å². The Kier molecular flexibility index (Phi) is 5.38. The maximum Gasteiger partial charge on any atom is 0.145 e. The van der Waals surface area contributed by atoms with E-state index in [0.717, 1.165) is 18.0 Å². The summed E-state index contributed by atoms with van der Waals surface area (Å²) in [6, 6.07) is 3.69. The van der Waals surface area contributed by atoms with Crippen molar-refractivity contribution in [2.75, 3.05) is 46.2 Å². The molecule has 4 nitrogen and oxygen atoms in total. The fourth-order valence-electron chi connectivity index (χ4n) is 2.52. The lowest BCUT2D eigenvalue weighted by Gasteiger charge is -2.29. The third kappa shape index (κ3) is 3.70. The van der Waals surface area contributed by atoms with Crippen LogP contribution in [-0.4, -0.2) is 45.8 Å². The third-order valence-corrected chi connectivity index (χ3v) is 4.19. The van der Waals surface area contributed by atoms with E-state index in [1.54, 1.807) is 14.2 Å². The molecule has 112 valence electrons. The lowest BCUT2D eigenvalue weighted by molar-refractivity contribution is 0.226. The zero-order valence-electron chi connectivity index (χ0n) is 12.4. The summed E-state index contributed by atoms with van der Waals surface area (Å²) in [6.45, 7) is 3.30. The topological polar surface area (TPSA) is 33.7 Å². The number of hydrogen-bond donors (Lipinski definition) is 1. The van der Waals surface area contributed by atoms with Gasteiger partial charge in [-0.2, -0.15) is 0 Å². The Labute approximate surface area is 126 Å². The first-order chi connectivity index (χ1) is 9.63. The van der Waals surface area contributed by atoms with Gasteiger partial charge < -0.3 is 19.7 Å². The van der Waals surface area contributed by atoms with Crippen molar-refractivity contribution < 1.29 is 9.47 Å². The molecular formula is C15H23ClN2O2. The van der Waals surface area contributed by atoms with Crippen LogP contribution in [0.1, 0.15) is 12.8 Å². The van der Waals surface area contributed by atoms with E-state index in [9.17, 15) is 0 Å². The third-order valence-electron chi connectivity index (χ3n) is 3.89. The highest BCUT2D eigenvalue weighted by molar-refractivity contribution is 6.32. The van der Waals surface area contributed by atoms with Crippen molar-refractivity contribution >= 4 is 17.3 Å². The quantitative estimate of drug-likeness (QED) is 0.905. The number of hydrogen-bond acceptors (Lipinski definition) is 4.